The maximum atomic E-state index is 13.6. The molecule has 0 bridgehead atoms. The van der Waals surface area contributed by atoms with E-state index in [1.54, 1.807) is 27.9 Å². The van der Waals surface area contributed by atoms with Gasteiger partial charge in [-0.15, -0.1) is 0 Å². The second-order valence-corrected chi connectivity index (χ2v) is 8.15. The molecule has 35 heavy (non-hydrogen) atoms. The third-order valence-electron chi connectivity index (χ3n) is 5.72. The third-order valence-corrected chi connectivity index (χ3v) is 5.72. The van der Waals surface area contributed by atoms with Gasteiger partial charge in [0, 0.05) is 31.0 Å². The summed E-state index contributed by atoms with van der Waals surface area (Å²) in [7, 11) is 0. The summed E-state index contributed by atoms with van der Waals surface area (Å²) < 4.78 is 3.64. The van der Waals surface area contributed by atoms with Crippen LogP contribution in [0.1, 0.15) is 29.3 Å². The lowest BCUT2D eigenvalue weighted by molar-refractivity contribution is 0.0985. The molecule has 0 aliphatic carbocycles. The minimum Gasteiger partial charge on any atom is -0.382 e. The molecule has 0 radical (unpaired) electrons. The smallest absolute Gasteiger partial charge is 0.260 e. The van der Waals surface area contributed by atoms with Crippen LogP contribution in [0.15, 0.2) is 79.1 Å². The summed E-state index contributed by atoms with van der Waals surface area (Å²) in [6.45, 7) is 3.14. The number of aromatic nitrogens is 6. The van der Waals surface area contributed by atoms with Gasteiger partial charge in [0.2, 0.25) is 11.9 Å². The van der Waals surface area contributed by atoms with Crippen molar-refractivity contribution >= 4 is 28.8 Å². The van der Waals surface area contributed by atoms with E-state index in [-0.39, 0.29) is 17.7 Å². The van der Waals surface area contributed by atoms with Crippen LogP contribution < -0.4 is 10.6 Å². The molecule has 0 saturated carbocycles. The minimum absolute atomic E-state index is 0.186. The van der Waals surface area contributed by atoms with E-state index in [4.69, 9.17) is 10.7 Å². The highest BCUT2D eigenvalue weighted by Gasteiger charge is 2.24. The number of carbonyl (C=O) groups is 1. The summed E-state index contributed by atoms with van der Waals surface area (Å²) in [5.41, 5.74) is 9.11. The van der Waals surface area contributed by atoms with Crippen LogP contribution in [0, 0.1) is 0 Å². The number of nitrogens with two attached hydrogens (primary N) is 1. The molecule has 176 valence electrons. The Morgan fingerprint density at radius 1 is 0.971 bits per heavy atom. The molecule has 5 rings (SSSR count). The normalized spacial score (nSPS) is 11.1. The van der Waals surface area contributed by atoms with Crippen molar-refractivity contribution in [3.8, 4) is 5.95 Å². The monoisotopic (exact) mass is 466 g/mol. The highest BCUT2D eigenvalue weighted by Crippen LogP contribution is 2.25. The average Bonchev–Trinajstić information content (AvgIpc) is 3.54. The fourth-order valence-electron chi connectivity index (χ4n) is 4.03. The largest absolute Gasteiger partial charge is 0.382 e. The fraction of sp³-hybridized carbons (Fsp3) is 0.192. The quantitative estimate of drug-likeness (QED) is 0.372. The van der Waals surface area contributed by atoms with Crippen molar-refractivity contribution in [2.45, 2.75) is 26.3 Å². The van der Waals surface area contributed by atoms with E-state index in [0.717, 1.165) is 12.0 Å². The molecule has 1 amide bonds. The lowest BCUT2D eigenvalue weighted by Gasteiger charge is -2.21. The Morgan fingerprint density at radius 2 is 1.71 bits per heavy atom. The fourth-order valence-corrected chi connectivity index (χ4v) is 4.03. The van der Waals surface area contributed by atoms with Gasteiger partial charge in [-0.25, -0.2) is 9.67 Å². The van der Waals surface area contributed by atoms with Gasteiger partial charge in [0.25, 0.3) is 5.91 Å². The SMILES string of the molecule is CCCn1c(-n2cccn2)nc2c(N)nc(N(CCc3ccccc3)C(=O)c3ccccc3)nc21. The number of hydrogen-bond acceptors (Lipinski definition) is 6. The first-order valence-electron chi connectivity index (χ1n) is 11.6. The maximum absolute atomic E-state index is 13.6. The van der Waals surface area contributed by atoms with E-state index in [9.17, 15) is 4.79 Å². The van der Waals surface area contributed by atoms with E-state index in [1.807, 2.05) is 65.4 Å². The first-order chi connectivity index (χ1) is 17.2. The van der Waals surface area contributed by atoms with Crippen LogP contribution in [0.25, 0.3) is 17.1 Å². The van der Waals surface area contributed by atoms with Crippen molar-refractivity contribution < 1.29 is 4.79 Å². The summed E-state index contributed by atoms with van der Waals surface area (Å²) >= 11 is 0. The molecular formula is C26H26N8O. The van der Waals surface area contributed by atoms with Crippen LogP contribution in [-0.2, 0) is 13.0 Å². The zero-order valence-electron chi connectivity index (χ0n) is 19.5. The van der Waals surface area contributed by atoms with Gasteiger partial charge < -0.3 is 5.73 Å². The zero-order valence-corrected chi connectivity index (χ0v) is 19.5. The molecule has 0 atom stereocenters. The minimum atomic E-state index is -0.186. The van der Waals surface area contributed by atoms with Gasteiger partial charge in [-0.2, -0.15) is 15.1 Å². The number of aryl methyl sites for hydroxylation is 1. The number of fused-ring (bicyclic) bond motifs is 1. The van der Waals surface area contributed by atoms with Crippen molar-refractivity contribution in [1.29, 1.82) is 0 Å². The second-order valence-electron chi connectivity index (χ2n) is 8.15. The molecule has 3 heterocycles. The highest BCUT2D eigenvalue weighted by molar-refractivity contribution is 6.05. The van der Waals surface area contributed by atoms with E-state index < -0.39 is 0 Å². The van der Waals surface area contributed by atoms with Crippen molar-refractivity contribution in [3.63, 3.8) is 0 Å². The predicted octanol–water partition coefficient (Wildman–Crippen LogP) is 3.89. The third kappa shape index (κ3) is 4.48. The summed E-state index contributed by atoms with van der Waals surface area (Å²) in [5, 5.41) is 4.32. The Hall–Kier alpha value is -4.53. The number of hydrogen-bond donors (Lipinski definition) is 1. The topological polar surface area (TPSA) is 108 Å². The average molecular weight is 467 g/mol. The summed E-state index contributed by atoms with van der Waals surface area (Å²) in [6.07, 6.45) is 5.02. The molecule has 0 aliphatic heterocycles. The number of imidazole rings is 1. The first kappa shape index (κ1) is 22.3. The van der Waals surface area contributed by atoms with Crippen molar-refractivity contribution in [1.82, 2.24) is 29.3 Å². The van der Waals surface area contributed by atoms with Crippen LogP contribution in [0.5, 0.6) is 0 Å². The molecule has 9 heteroatoms. The molecule has 2 aromatic carbocycles. The second kappa shape index (κ2) is 9.76. The van der Waals surface area contributed by atoms with Crippen LogP contribution in [0.2, 0.25) is 0 Å². The lowest BCUT2D eigenvalue weighted by atomic mass is 10.1. The molecule has 3 aromatic heterocycles. The van der Waals surface area contributed by atoms with Crippen LogP contribution in [0.4, 0.5) is 11.8 Å². The molecule has 0 fully saturated rings. The van der Waals surface area contributed by atoms with Crippen LogP contribution in [-0.4, -0.2) is 41.8 Å². The number of nitrogens with zero attached hydrogens (tertiary/aromatic N) is 7. The number of carbonyl (C=O) groups excluding carboxylic acids is 1. The van der Waals surface area contributed by atoms with Crippen molar-refractivity contribution in [3.05, 3.63) is 90.3 Å². The molecule has 0 spiro atoms. The van der Waals surface area contributed by atoms with Gasteiger partial charge in [-0.05, 0) is 36.6 Å². The molecule has 0 unspecified atom stereocenters. The molecule has 0 aliphatic rings. The number of nitrogen functional groups attached to an aromatic ring is 1. The van der Waals surface area contributed by atoms with Crippen LogP contribution >= 0.6 is 0 Å². The summed E-state index contributed by atoms with van der Waals surface area (Å²) in [4.78, 5) is 29.2. The number of benzene rings is 2. The lowest BCUT2D eigenvalue weighted by Crippen LogP contribution is -2.34. The molecular weight excluding hydrogens is 440 g/mol. The van der Waals surface area contributed by atoms with Crippen molar-refractivity contribution in [2.24, 2.45) is 0 Å². The van der Waals surface area contributed by atoms with Gasteiger partial charge in [0.05, 0.1) is 0 Å². The van der Waals surface area contributed by atoms with Gasteiger partial charge in [-0.3, -0.25) is 14.3 Å². The zero-order chi connectivity index (χ0) is 24.2. The van der Waals surface area contributed by atoms with Crippen LogP contribution in [0.3, 0.4) is 0 Å². The Balaban J connectivity index is 1.61. The van der Waals surface area contributed by atoms with E-state index in [0.29, 0.717) is 42.2 Å². The Kier molecular flexibility index (Phi) is 6.21. The summed E-state index contributed by atoms with van der Waals surface area (Å²) in [5.74, 6) is 0.896. The maximum Gasteiger partial charge on any atom is 0.260 e. The van der Waals surface area contributed by atoms with Gasteiger partial charge in [-0.1, -0.05) is 55.5 Å². The Morgan fingerprint density at radius 3 is 2.40 bits per heavy atom. The number of amides is 1. The Bertz CT molecular complexity index is 1430. The summed E-state index contributed by atoms with van der Waals surface area (Å²) in [6, 6.07) is 21.0. The molecule has 5 aromatic rings. The standard InChI is InChI=1S/C26H26N8O/c1-2-16-32-23-21(29-26(32)34-17-9-15-28-34)22(27)30-25(31-23)33(18-14-19-10-5-3-6-11-19)24(35)20-12-7-4-8-13-20/h3-13,15,17H,2,14,16,18H2,1H3,(H2,27,30,31). The number of rotatable bonds is 8. The van der Waals surface area contributed by atoms with E-state index >= 15 is 0 Å². The van der Waals surface area contributed by atoms with Gasteiger partial charge >= 0.3 is 0 Å². The van der Waals surface area contributed by atoms with E-state index in [1.165, 1.54) is 0 Å². The highest BCUT2D eigenvalue weighted by atomic mass is 16.2. The molecule has 2 N–H and O–H groups in total. The number of anilines is 2. The van der Waals surface area contributed by atoms with E-state index in [2.05, 4.69) is 22.0 Å². The van der Waals surface area contributed by atoms with Crippen molar-refractivity contribution in [2.75, 3.05) is 17.2 Å². The predicted molar refractivity (Wildman–Crippen MR) is 135 cm³/mol. The molecule has 0 saturated heterocycles. The van der Waals surface area contributed by atoms with Gasteiger partial charge in [0.15, 0.2) is 17.0 Å². The van der Waals surface area contributed by atoms with Gasteiger partial charge in [0.1, 0.15) is 0 Å². The first-order valence-corrected chi connectivity index (χ1v) is 11.6. The molecule has 9 nitrogen and oxygen atoms in total. The Labute approximate surface area is 202 Å².